The third-order valence-corrected chi connectivity index (χ3v) is 5.24. The van der Waals surface area contributed by atoms with Gasteiger partial charge < -0.3 is 9.26 Å². The number of anilines is 1. The summed E-state index contributed by atoms with van der Waals surface area (Å²) in [6, 6.07) is 16.8. The number of aromatic nitrogens is 3. The van der Waals surface area contributed by atoms with Gasteiger partial charge in [0.1, 0.15) is 23.1 Å². The molecule has 2 heterocycles. The highest BCUT2D eigenvalue weighted by Gasteiger charge is 2.17. The number of hydrogen-bond acceptors (Lipinski definition) is 7. The highest BCUT2D eigenvalue weighted by molar-refractivity contribution is 7.18. The van der Waals surface area contributed by atoms with E-state index in [1.165, 1.54) is 11.3 Å². The van der Waals surface area contributed by atoms with Crippen molar-refractivity contribution in [1.82, 2.24) is 15.4 Å². The van der Waals surface area contributed by atoms with E-state index in [1.54, 1.807) is 18.2 Å². The molecule has 0 radical (unpaired) electrons. The van der Waals surface area contributed by atoms with Gasteiger partial charge in [0.2, 0.25) is 5.13 Å². The number of hydrogen-bond donors (Lipinski definition) is 1. The molecule has 0 bridgehead atoms. The minimum atomic E-state index is -0.310. The number of nitrogens with zero attached hydrogens (tertiary/aromatic N) is 3. The van der Waals surface area contributed by atoms with Crippen molar-refractivity contribution in [2.75, 3.05) is 5.32 Å². The number of ether oxygens (including phenoxy) is 1. The van der Waals surface area contributed by atoms with Crippen LogP contribution in [0.1, 0.15) is 27.4 Å². The van der Waals surface area contributed by atoms with Gasteiger partial charge in [0.25, 0.3) is 5.91 Å². The average Bonchev–Trinajstić information content (AvgIpc) is 3.34. The Morgan fingerprint density at radius 3 is 2.59 bits per heavy atom. The Morgan fingerprint density at radius 2 is 1.83 bits per heavy atom. The van der Waals surface area contributed by atoms with Crippen LogP contribution in [0.4, 0.5) is 5.13 Å². The molecule has 1 N–H and O–H groups in total. The molecule has 0 spiro atoms. The zero-order chi connectivity index (χ0) is 20.2. The Bertz CT molecular complexity index is 1120. The standard InChI is InChI=1S/C21H18N4O3S/c1-13-17(14(2)28-25-13)12-27-18-11-7-6-10-16(18)19(26)22-21-24-23-20(29-21)15-8-4-3-5-9-15/h3-11H,12H2,1-2H3,(H,22,24,26). The van der Waals surface area contributed by atoms with E-state index in [0.717, 1.165) is 21.8 Å². The van der Waals surface area contributed by atoms with E-state index >= 15 is 0 Å². The van der Waals surface area contributed by atoms with Crippen molar-refractivity contribution in [2.45, 2.75) is 20.5 Å². The molecule has 0 saturated carbocycles. The molecule has 2 aromatic carbocycles. The fourth-order valence-electron chi connectivity index (χ4n) is 2.77. The maximum atomic E-state index is 12.8. The fourth-order valence-corrected chi connectivity index (χ4v) is 3.52. The van der Waals surface area contributed by atoms with E-state index in [0.29, 0.717) is 22.2 Å². The lowest BCUT2D eigenvalue weighted by Crippen LogP contribution is -2.13. The maximum absolute atomic E-state index is 12.8. The summed E-state index contributed by atoms with van der Waals surface area (Å²) in [6.07, 6.45) is 0. The van der Waals surface area contributed by atoms with Crippen LogP contribution in [0.15, 0.2) is 59.1 Å². The molecule has 146 valence electrons. The first kappa shape index (κ1) is 18.8. The molecule has 29 heavy (non-hydrogen) atoms. The summed E-state index contributed by atoms with van der Waals surface area (Å²) in [5, 5.41) is 16.1. The third-order valence-electron chi connectivity index (χ3n) is 4.35. The first-order valence-corrected chi connectivity index (χ1v) is 9.77. The van der Waals surface area contributed by atoms with Gasteiger partial charge in [0, 0.05) is 5.56 Å². The van der Waals surface area contributed by atoms with Crippen molar-refractivity contribution < 1.29 is 14.1 Å². The molecular formula is C21H18N4O3S. The topological polar surface area (TPSA) is 90.1 Å². The second-order valence-corrected chi connectivity index (χ2v) is 7.30. The molecule has 8 heteroatoms. The van der Waals surface area contributed by atoms with Crippen LogP contribution in [-0.2, 0) is 6.61 Å². The van der Waals surface area contributed by atoms with Gasteiger partial charge >= 0.3 is 0 Å². The Labute approximate surface area is 171 Å². The molecule has 7 nitrogen and oxygen atoms in total. The van der Waals surface area contributed by atoms with E-state index in [2.05, 4.69) is 20.7 Å². The Kier molecular flexibility index (Phi) is 5.35. The second-order valence-electron chi connectivity index (χ2n) is 6.32. The molecule has 1 amide bonds. The van der Waals surface area contributed by atoms with Crippen LogP contribution in [0.25, 0.3) is 10.6 Å². The van der Waals surface area contributed by atoms with Crippen molar-refractivity contribution in [3.05, 3.63) is 77.2 Å². The number of carbonyl (C=O) groups is 1. The summed E-state index contributed by atoms with van der Waals surface area (Å²) in [5.41, 5.74) is 3.01. The smallest absolute Gasteiger partial charge is 0.261 e. The van der Waals surface area contributed by atoms with Crippen molar-refractivity contribution in [2.24, 2.45) is 0 Å². The first-order valence-electron chi connectivity index (χ1n) is 8.95. The lowest BCUT2D eigenvalue weighted by atomic mass is 10.2. The minimum Gasteiger partial charge on any atom is -0.488 e. The molecule has 0 aliphatic carbocycles. The van der Waals surface area contributed by atoms with Crippen LogP contribution < -0.4 is 10.1 Å². The lowest BCUT2D eigenvalue weighted by molar-refractivity contribution is 0.102. The number of rotatable bonds is 6. The summed E-state index contributed by atoms with van der Waals surface area (Å²) in [7, 11) is 0. The highest BCUT2D eigenvalue weighted by Crippen LogP contribution is 2.27. The largest absolute Gasteiger partial charge is 0.488 e. The molecular weight excluding hydrogens is 388 g/mol. The zero-order valence-electron chi connectivity index (χ0n) is 15.9. The summed E-state index contributed by atoms with van der Waals surface area (Å²) in [5.74, 6) is 0.861. The van der Waals surface area contributed by atoms with Crippen LogP contribution in [0.5, 0.6) is 5.75 Å². The van der Waals surface area contributed by atoms with Gasteiger partial charge in [-0.05, 0) is 26.0 Å². The number of aryl methyl sites for hydroxylation is 2. The van der Waals surface area contributed by atoms with E-state index in [9.17, 15) is 4.79 Å². The van der Waals surface area contributed by atoms with Crippen molar-refractivity contribution >= 4 is 22.4 Å². The van der Waals surface area contributed by atoms with Crippen LogP contribution in [0, 0.1) is 13.8 Å². The van der Waals surface area contributed by atoms with Gasteiger partial charge in [0.05, 0.1) is 16.8 Å². The van der Waals surface area contributed by atoms with Gasteiger partial charge in [-0.25, -0.2) is 0 Å². The van der Waals surface area contributed by atoms with Crippen LogP contribution in [-0.4, -0.2) is 21.3 Å². The molecule has 2 aromatic heterocycles. The average molecular weight is 406 g/mol. The molecule has 0 unspecified atom stereocenters. The summed E-state index contributed by atoms with van der Waals surface area (Å²) < 4.78 is 11.0. The quantitative estimate of drug-likeness (QED) is 0.502. The SMILES string of the molecule is Cc1noc(C)c1COc1ccccc1C(=O)Nc1nnc(-c2ccccc2)s1. The van der Waals surface area contributed by atoms with Crippen molar-refractivity contribution in [3.8, 4) is 16.3 Å². The van der Waals surface area contributed by atoms with Crippen molar-refractivity contribution in [1.29, 1.82) is 0 Å². The van der Waals surface area contributed by atoms with Gasteiger partial charge in [0.15, 0.2) is 0 Å². The number of nitrogens with one attached hydrogen (secondary N) is 1. The van der Waals surface area contributed by atoms with Gasteiger partial charge in [-0.1, -0.05) is 59.0 Å². The van der Waals surface area contributed by atoms with Crippen molar-refractivity contribution in [3.63, 3.8) is 0 Å². The molecule has 4 aromatic rings. The normalized spacial score (nSPS) is 10.7. The minimum absolute atomic E-state index is 0.266. The summed E-state index contributed by atoms with van der Waals surface area (Å²) in [4.78, 5) is 12.8. The van der Waals surface area contributed by atoms with Crippen LogP contribution in [0.2, 0.25) is 0 Å². The van der Waals surface area contributed by atoms with E-state index < -0.39 is 0 Å². The number of benzene rings is 2. The van der Waals surface area contributed by atoms with Gasteiger partial charge in [-0.3, -0.25) is 10.1 Å². The number of amides is 1. The first-order chi connectivity index (χ1) is 14.1. The van der Waals surface area contributed by atoms with E-state index in [-0.39, 0.29) is 12.5 Å². The summed E-state index contributed by atoms with van der Waals surface area (Å²) >= 11 is 1.31. The lowest BCUT2D eigenvalue weighted by Gasteiger charge is -2.10. The fraction of sp³-hybridized carbons (Fsp3) is 0.143. The van der Waals surface area contributed by atoms with E-state index in [4.69, 9.17) is 9.26 Å². The monoisotopic (exact) mass is 406 g/mol. The Morgan fingerprint density at radius 1 is 1.07 bits per heavy atom. The number of carbonyl (C=O) groups excluding carboxylic acids is 1. The Hall–Kier alpha value is -3.52. The van der Waals surface area contributed by atoms with Gasteiger partial charge in [-0.2, -0.15) is 0 Å². The molecule has 4 rings (SSSR count). The molecule has 0 fully saturated rings. The molecule has 0 saturated heterocycles. The zero-order valence-corrected chi connectivity index (χ0v) is 16.7. The maximum Gasteiger partial charge on any atom is 0.261 e. The molecule has 0 aliphatic heterocycles. The van der Waals surface area contributed by atoms with E-state index in [1.807, 2.05) is 50.2 Å². The highest BCUT2D eigenvalue weighted by atomic mass is 32.1. The molecule has 0 atom stereocenters. The van der Waals surface area contributed by atoms with Crippen LogP contribution in [0.3, 0.4) is 0 Å². The number of para-hydroxylation sites is 1. The molecule has 0 aliphatic rings. The summed E-state index contributed by atoms with van der Waals surface area (Å²) in [6.45, 7) is 3.95. The third kappa shape index (κ3) is 4.17. The predicted molar refractivity (Wildman–Crippen MR) is 110 cm³/mol. The Balaban J connectivity index is 1.49. The second kappa shape index (κ2) is 8.24. The van der Waals surface area contributed by atoms with Gasteiger partial charge in [-0.15, -0.1) is 10.2 Å². The predicted octanol–water partition coefficient (Wildman–Crippen LogP) is 4.64. The van der Waals surface area contributed by atoms with Crippen LogP contribution >= 0.6 is 11.3 Å².